The van der Waals surface area contributed by atoms with Crippen LogP contribution in [0.3, 0.4) is 0 Å². The smallest absolute Gasteiger partial charge is 0.272 e. The van der Waals surface area contributed by atoms with Gasteiger partial charge < -0.3 is 90.9 Å². The Kier molecular flexibility index (Phi) is 28.0. The first-order valence-corrected chi connectivity index (χ1v) is 36.4. The van der Waals surface area contributed by atoms with E-state index in [1.165, 1.54) is 0 Å². The fourth-order valence-corrected chi connectivity index (χ4v) is 13.6. The number of hydrogen-bond donors (Lipinski definition) is 2. The van der Waals surface area contributed by atoms with E-state index in [0.717, 1.165) is 38.9 Å². The van der Waals surface area contributed by atoms with Crippen molar-refractivity contribution in [2.75, 3.05) is 19.8 Å². The number of hydrogen-bond acceptors (Lipinski definition) is 19. The van der Waals surface area contributed by atoms with Gasteiger partial charge in [0.2, 0.25) is 0 Å². The van der Waals surface area contributed by atoms with Crippen LogP contribution in [0.1, 0.15) is 66.6 Å². The molecule has 0 spiro atoms. The van der Waals surface area contributed by atoms with E-state index in [9.17, 15) is 9.90 Å². The molecule has 0 aromatic heterocycles. The van der Waals surface area contributed by atoms with Crippen molar-refractivity contribution in [2.24, 2.45) is 0 Å². The molecule has 0 unspecified atom stereocenters. The number of carbonyl (C=O) groups is 1. The van der Waals surface area contributed by atoms with Crippen LogP contribution in [0.4, 0.5) is 0 Å². The third-order valence-corrected chi connectivity index (χ3v) is 19.2. The first-order valence-electron chi connectivity index (χ1n) is 35.3. The number of fused-ring (bicyclic) bond motifs is 1. The van der Waals surface area contributed by atoms with Crippen molar-refractivity contribution < 1.29 is 90.4 Å². The topological polar surface area (TPSA) is 206 Å². The Bertz CT molecular complexity index is 3680. The van der Waals surface area contributed by atoms with E-state index >= 15 is 0 Å². The molecular weight excluding hydrogens is 1400 g/mol. The van der Waals surface area contributed by atoms with E-state index in [0.29, 0.717) is 0 Å². The molecule has 0 saturated carbocycles. The van der Waals surface area contributed by atoms with Gasteiger partial charge in [0.15, 0.2) is 30.9 Å². The van der Waals surface area contributed by atoms with Crippen molar-refractivity contribution in [2.45, 2.75) is 206 Å². The van der Waals surface area contributed by atoms with Gasteiger partial charge in [-0.05, 0) is 66.6 Å². The average molecular weight is 1490 g/mol. The summed E-state index contributed by atoms with van der Waals surface area (Å²) in [5, 5.41) is 15.5. The number of carbonyl (C=O) groups excluding carboxylic acids is 1. The van der Waals surface area contributed by atoms with E-state index in [2.05, 4.69) is 11.9 Å². The van der Waals surface area contributed by atoms with Crippen LogP contribution >= 0.6 is 34.8 Å². The number of ether oxygens (including phenoxy) is 17. The molecule has 0 bridgehead atoms. The minimum absolute atomic E-state index is 0.0201. The lowest BCUT2D eigenvalue weighted by Gasteiger charge is -2.53. The Labute approximate surface area is 623 Å². The molecule has 20 atom stereocenters. The maximum absolute atomic E-state index is 14.2. The second-order valence-corrected chi connectivity index (χ2v) is 29.1. The molecule has 23 heteroatoms. The molecule has 7 aromatic carbocycles. The normalized spacial score (nSPS) is 30.6. The van der Waals surface area contributed by atoms with Crippen LogP contribution < -0.4 is 5.32 Å². The molecule has 1 amide bonds. The van der Waals surface area contributed by atoms with Crippen molar-refractivity contribution in [3.05, 3.63) is 264 Å². The minimum atomic E-state index is -2.54. The predicted octanol–water partition coefficient (Wildman–Crippen LogP) is 12.4. The first-order chi connectivity index (χ1) is 50.5. The largest absolute Gasteiger partial charge is 0.388 e. The number of nitrogens with one attached hydrogen (secondary N) is 1. The predicted molar refractivity (Wildman–Crippen MR) is 386 cm³/mol. The highest BCUT2D eigenvalue weighted by molar-refractivity contribution is 6.76. The van der Waals surface area contributed by atoms with Crippen molar-refractivity contribution in [1.29, 1.82) is 0 Å². The lowest BCUT2D eigenvalue weighted by Crippen LogP contribution is -2.71. The quantitative estimate of drug-likeness (QED) is 0.0297. The van der Waals surface area contributed by atoms with Crippen LogP contribution in [-0.2, 0) is 132 Å². The van der Waals surface area contributed by atoms with Crippen molar-refractivity contribution in [3.63, 3.8) is 0 Å². The highest BCUT2D eigenvalue weighted by Crippen LogP contribution is 2.42. The average Bonchev–Trinajstić information content (AvgIpc) is 0.758. The molecule has 5 aliphatic heterocycles. The van der Waals surface area contributed by atoms with Gasteiger partial charge in [-0.2, -0.15) is 0 Å². The van der Waals surface area contributed by atoms with Crippen molar-refractivity contribution in [1.82, 2.24) is 5.32 Å². The summed E-state index contributed by atoms with van der Waals surface area (Å²) in [6, 6.07) is 66.7. The lowest BCUT2D eigenvalue weighted by molar-refractivity contribution is -0.417. The van der Waals surface area contributed by atoms with E-state index in [-0.39, 0.29) is 66.1 Å². The number of aliphatic hydroxyl groups is 1. The van der Waals surface area contributed by atoms with Gasteiger partial charge in [0, 0.05) is 0 Å². The molecule has 5 heterocycles. The van der Waals surface area contributed by atoms with Gasteiger partial charge in [-0.1, -0.05) is 253 Å². The zero-order valence-corrected chi connectivity index (χ0v) is 60.8. The molecule has 20 nitrogen and oxygen atoms in total. The van der Waals surface area contributed by atoms with E-state index in [1.54, 1.807) is 19.9 Å². The fraction of sp³-hybridized carbons (Fsp3) is 0.444. The summed E-state index contributed by atoms with van der Waals surface area (Å²) in [5.41, 5.74) is 6.11. The summed E-state index contributed by atoms with van der Waals surface area (Å²) < 4.78 is 118. The van der Waals surface area contributed by atoms with Gasteiger partial charge in [0.05, 0.1) is 78.3 Å². The molecular formula is C81H92Cl3NO19. The van der Waals surface area contributed by atoms with Gasteiger partial charge in [-0.3, -0.25) is 4.79 Å². The Hall–Kier alpha value is -6.10. The van der Waals surface area contributed by atoms with Gasteiger partial charge in [-0.25, -0.2) is 0 Å². The molecule has 5 fully saturated rings. The van der Waals surface area contributed by atoms with E-state index in [4.69, 9.17) is 115 Å². The number of aliphatic hydroxyl groups excluding tert-OH is 1. The van der Waals surface area contributed by atoms with E-state index < -0.39 is 138 Å². The third-order valence-electron chi connectivity index (χ3n) is 18.6. The van der Waals surface area contributed by atoms with Crippen LogP contribution in [0.5, 0.6) is 0 Å². The first kappa shape index (κ1) is 77.5. The third kappa shape index (κ3) is 21.0. The van der Waals surface area contributed by atoms with Crippen molar-refractivity contribution >= 4 is 40.7 Å². The van der Waals surface area contributed by atoms with Crippen LogP contribution in [0.25, 0.3) is 0 Å². The van der Waals surface area contributed by atoms with Crippen LogP contribution in [-0.4, -0.2) is 163 Å². The maximum atomic E-state index is 14.2. The van der Waals surface area contributed by atoms with E-state index in [1.807, 2.05) is 226 Å². The molecule has 12 rings (SSSR count). The Morgan fingerprint density at radius 2 is 0.837 bits per heavy atom. The summed E-state index contributed by atoms with van der Waals surface area (Å²) in [6.45, 7) is 11.8. The molecule has 0 aliphatic carbocycles. The highest BCUT2D eigenvalue weighted by atomic mass is 35.6. The SMILES string of the molecule is C=CCO[C@@H]1O[C@@H](C)[C@H](OCc2ccccc2)[C@@H](OCc2ccccc2)[C@H]1O[C@@H]1O[C@@H](C)[C@H](OCc2ccccc2)[C@@H](O[C@@H]2O[C@H](COCc3ccccc3)[C@@H](OCc3ccccc3)[C@H](OCc3ccccc3)[C@H]2OCc2ccccc2)[C@H]1O[C@@H]1O[C@@H]2COC(C)(C)O[C@H]2[C@H](O)[C@H]1NC(=O)C(Cl)(Cl)Cl. The van der Waals surface area contributed by atoms with Crippen LogP contribution in [0, 0.1) is 0 Å². The van der Waals surface area contributed by atoms with Crippen molar-refractivity contribution in [3.8, 4) is 0 Å². The molecule has 7 aromatic rings. The van der Waals surface area contributed by atoms with Gasteiger partial charge in [0.1, 0.15) is 85.4 Å². The number of amides is 1. The summed E-state index contributed by atoms with van der Waals surface area (Å²) >= 11 is 19.1. The van der Waals surface area contributed by atoms with Crippen LogP contribution in [0.2, 0.25) is 0 Å². The van der Waals surface area contributed by atoms with Gasteiger partial charge >= 0.3 is 0 Å². The summed E-state index contributed by atoms with van der Waals surface area (Å²) in [7, 11) is 0. The number of halogens is 3. The summed E-state index contributed by atoms with van der Waals surface area (Å²) in [5.74, 6) is -2.32. The molecule has 104 heavy (non-hydrogen) atoms. The number of benzene rings is 7. The van der Waals surface area contributed by atoms with Gasteiger partial charge in [0.25, 0.3) is 9.70 Å². The number of alkyl halides is 3. The summed E-state index contributed by atoms with van der Waals surface area (Å²) in [6.07, 6.45) is -20.8. The Morgan fingerprint density at radius 1 is 0.471 bits per heavy atom. The molecule has 2 N–H and O–H groups in total. The fourth-order valence-electron chi connectivity index (χ4n) is 13.4. The molecule has 0 radical (unpaired) electrons. The maximum Gasteiger partial charge on any atom is 0.272 e. The molecule has 5 saturated heterocycles. The number of rotatable bonds is 32. The minimum Gasteiger partial charge on any atom is -0.388 e. The monoisotopic (exact) mass is 1490 g/mol. The molecule has 556 valence electrons. The Balaban J connectivity index is 1.01. The lowest BCUT2D eigenvalue weighted by atomic mass is 9.94. The zero-order valence-electron chi connectivity index (χ0n) is 58.5. The second-order valence-electron chi connectivity index (χ2n) is 26.8. The standard InChI is InChI=1S/C81H92Cl3NO19/c1-6-42-89-76-73(69(93-47-58-36-22-11-23-37-58)65(52(2)97-76)90-44-55-30-16-8-17-31-55)103-78-74(102-75-63(85-79(87)81(82,83)84)64(86)67-62(99-75)51-96-80(4,5)104-67)71(66(53(3)98-78)91-45-56-32-18-9-19-33-56)101-77-72(95-49-60-40-26-13-27-41-60)70(94-48-59-38-24-12-25-39-59)68(92-46-57-34-20-10-21-35-57)61(100-77)50-88-43-54-28-14-7-15-29-54/h6-41,52-53,61-78,86H,1,42-51H2,2-5H3,(H,85,87)/t52-,53-,61+,62+,63+,64+,65-,66-,67+,68+,69+,70-,71+,72+,73+,74+,75-,76+,77-,78-/m0/s1. The zero-order chi connectivity index (χ0) is 72.4. The Morgan fingerprint density at radius 3 is 1.29 bits per heavy atom. The highest BCUT2D eigenvalue weighted by Gasteiger charge is 2.60. The van der Waals surface area contributed by atoms with Gasteiger partial charge in [-0.15, -0.1) is 6.58 Å². The summed E-state index contributed by atoms with van der Waals surface area (Å²) in [4.78, 5) is 14.2. The second kappa shape index (κ2) is 37.6. The molecule has 5 aliphatic rings. The van der Waals surface area contributed by atoms with Crippen LogP contribution in [0.15, 0.2) is 225 Å².